The molecule has 0 radical (unpaired) electrons. The molecule has 1 saturated heterocycles. The maximum Gasteiger partial charge on any atom is 0.295 e. The topological polar surface area (TPSA) is 79.3 Å². The highest BCUT2D eigenvalue weighted by Crippen LogP contribution is 2.40. The maximum absolute atomic E-state index is 13.1. The zero-order valence-electron chi connectivity index (χ0n) is 19.7. The van der Waals surface area contributed by atoms with Crippen LogP contribution in [0.15, 0.2) is 54.1 Å². The molecular weight excluding hydrogens is 420 g/mol. The van der Waals surface area contributed by atoms with Crippen molar-refractivity contribution in [3.05, 3.63) is 65.2 Å². The van der Waals surface area contributed by atoms with Crippen LogP contribution in [0.5, 0.6) is 11.5 Å². The molecule has 1 heterocycles. The number of likely N-dealkylation sites (tertiary alicyclic amines) is 1. The van der Waals surface area contributed by atoms with Crippen molar-refractivity contribution in [1.82, 2.24) is 9.80 Å². The third-order valence-corrected chi connectivity index (χ3v) is 6.10. The summed E-state index contributed by atoms with van der Waals surface area (Å²) in [6.07, 6.45) is 0.726. The Bertz CT molecular complexity index is 994. The lowest BCUT2D eigenvalue weighted by molar-refractivity contribution is -0.140. The first kappa shape index (κ1) is 24.3. The number of aliphatic hydroxyl groups excluding tert-OH is 1. The van der Waals surface area contributed by atoms with E-state index < -0.39 is 17.7 Å². The van der Waals surface area contributed by atoms with Crippen molar-refractivity contribution in [2.24, 2.45) is 0 Å². The summed E-state index contributed by atoms with van der Waals surface area (Å²) in [7, 11) is 3.14. The average Bonchev–Trinajstić information content (AvgIpc) is 3.11. The lowest BCUT2D eigenvalue weighted by Gasteiger charge is -2.27. The van der Waals surface area contributed by atoms with E-state index in [2.05, 4.69) is 18.7 Å². The van der Waals surface area contributed by atoms with Crippen molar-refractivity contribution in [1.29, 1.82) is 0 Å². The van der Waals surface area contributed by atoms with Gasteiger partial charge in [0.05, 0.1) is 25.8 Å². The van der Waals surface area contributed by atoms with Crippen LogP contribution in [0.4, 0.5) is 0 Å². The van der Waals surface area contributed by atoms with Crippen LogP contribution >= 0.6 is 0 Å². The molecular formula is C26H32N2O5. The third-order valence-electron chi connectivity index (χ3n) is 6.10. The zero-order chi connectivity index (χ0) is 24.0. The van der Waals surface area contributed by atoms with Gasteiger partial charge in [-0.3, -0.25) is 9.59 Å². The second kappa shape index (κ2) is 11.0. The number of ketones is 1. The van der Waals surface area contributed by atoms with Crippen LogP contribution in [-0.2, 0) is 9.59 Å². The molecule has 2 aromatic carbocycles. The van der Waals surface area contributed by atoms with Gasteiger partial charge in [-0.1, -0.05) is 26.0 Å². The van der Waals surface area contributed by atoms with Crippen molar-refractivity contribution in [3.63, 3.8) is 0 Å². The number of hydrogen-bond donors (Lipinski definition) is 1. The first-order valence-electron chi connectivity index (χ1n) is 11.2. The van der Waals surface area contributed by atoms with Gasteiger partial charge in [0.1, 0.15) is 17.3 Å². The highest BCUT2D eigenvalue weighted by molar-refractivity contribution is 6.46. The minimum absolute atomic E-state index is 0.0955. The number of methoxy groups -OCH3 is 2. The molecule has 0 spiro atoms. The van der Waals surface area contributed by atoms with Crippen LogP contribution < -0.4 is 9.47 Å². The van der Waals surface area contributed by atoms with E-state index in [1.54, 1.807) is 55.5 Å². The summed E-state index contributed by atoms with van der Waals surface area (Å²) in [5, 5.41) is 11.1. The summed E-state index contributed by atoms with van der Waals surface area (Å²) < 4.78 is 10.4. The SMILES string of the molecule is CCN(CC)CCCN1C(=O)C(=O)/C(=C(/O)c2ccc(OC)cc2)[C@H]1c1ccc(OC)cc1. The second-order valence-electron chi connectivity index (χ2n) is 7.87. The number of ether oxygens (including phenoxy) is 2. The predicted octanol–water partition coefficient (Wildman–Crippen LogP) is 3.86. The van der Waals surface area contributed by atoms with E-state index >= 15 is 0 Å². The fourth-order valence-corrected chi connectivity index (χ4v) is 4.15. The molecule has 0 bridgehead atoms. The summed E-state index contributed by atoms with van der Waals surface area (Å²) in [6, 6.07) is 13.3. The van der Waals surface area contributed by atoms with E-state index in [1.165, 1.54) is 0 Å². The predicted molar refractivity (Wildman–Crippen MR) is 127 cm³/mol. The number of Topliss-reactive ketones (excluding diaryl/α,β-unsaturated/α-hetero) is 1. The van der Waals surface area contributed by atoms with Gasteiger partial charge < -0.3 is 24.4 Å². The lowest BCUT2D eigenvalue weighted by atomic mass is 9.95. The molecule has 7 heteroatoms. The van der Waals surface area contributed by atoms with Gasteiger partial charge in [0.15, 0.2) is 0 Å². The van der Waals surface area contributed by atoms with E-state index in [9.17, 15) is 14.7 Å². The molecule has 7 nitrogen and oxygen atoms in total. The summed E-state index contributed by atoms with van der Waals surface area (Å²) >= 11 is 0. The number of rotatable bonds is 10. The van der Waals surface area contributed by atoms with Crippen molar-refractivity contribution < 1.29 is 24.2 Å². The smallest absolute Gasteiger partial charge is 0.295 e. The number of amides is 1. The number of hydrogen-bond acceptors (Lipinski definition) is 6. The standard InChI is InChI=1S/C26H32N2O5/c1-5-27(6-2)16-7-17-28-23(18-8-12-20(32-3)13-9-18)22(25(30)26(28)31)24(29)19-10-14-21(33-4)15-11-19/h8-15,23,29H,5-7,16-17H2,1-4H3/b24-22+/t23-/m1/s1. The number of carbonyl (C=O) groups is 2. The Kier molecular flexibility index (Phi) is 8.11. The Morgan fingerprint density at radius 1 is 0.939 bits per heavy atom. The minimum Gasteiger partial charge on any atom is -0.507 e. The van der Waals surface area contributed by atoms with Crippen LogP contribution in [0.25, 0.3) is 5.76 Å². The molecule has 1 amide bonds. The molecule has 1 N–H and O–H groups in total. The molecule has 1 fully saturated rings. The van der Waals surface area contributed by atoms with Crippen molar-refractivity contribution in [2.75, 3.05) is 40.4 Å². The third kappa shape index (κ3) is 5.20. The van der Waals surface area contributed by atoms with E-state index in [-0.39, 0.29) is 11.3 Å². The van der Waals surface area contributed by atoms with Crippen LogP contribution in [-0.4, -0.2) is 67.0 Å². The number of nitrogens with zero attached hydrogens (tertiary/aromatic N) is 2. The molecule has 176 valence electrons. The van der Waals surface area contributed by atoms with Gasteiger partial charge in [-0.2, -0.15) is 0 Å². The number of carbonyl (C=O) groups excluding carboxylic acids is 2. The summed E-state index contributed by atoms with van der Waals surface area (Å²) in [4.78, 5) is 30.0. The van der Waals surface area contributed by atoms with Gasteiger partial charge in [0.25, 0.3) is 11.7 Å². The van der Waals surface area contributed by atoms with Gasteiger partial charge in [-0.15, -0.1) is 0 Å². The van der Waals surface area contributed by atoms with Gasteiger partial charge in [-0.25, -0.2) is 0 Å². The monoisotopic (exact) mass is 452 g/mol. The first-order chi connectivity index (χ1) is 15.9. The zero-order valence-corrected chi connectivity index (χ0v) is 19.7. The molecule has 33 heavy (non-hydrogen) atoms. The van der Waals surface area contributed by atoms with Crippen LogP contribution in [0.1, 0.15) is 37.4 Å². The maximum atomic E-state index is 13.1. The average molecular weight is 453 g/mol. The molecule has 3 rings (SSSR count). The Morgan fingerprint density at radius 2 is 1.48 bits per heavy atom. The molecule has 0 saturated carbocycles. The quantitative estimate of drug-likeness (QED) is 0.335. The van der Waals surface area contributed by atoms with Gasteiger partial charge in [-0.05, 0) is 68.0 Å². The minimum atomic E-state index is -0.674. The second-order valence-corrected chi connectivity index (χ2v) is 7.87. The molecule has 0 unspecified atom stereocenters. The Morgan fingerprint density at radius 3 is 2.00 bits per heavy atom. The van der Waals surface area contributed by atoms with Crippen LogP contribution in [0.3, 0.4) is 0 Å². The summed E-state index contributed by atoms with van der Waals surface area (Å²) in [6.45, 7) is 7.29. The molecule has 1 aliphatic rings. The van der Waals surface area contributed by atoms with E-state index in [1.807, 2.05) is 12.1 Å². The van der Waals surface area contributed by atoms with Gasteiger partial charge in [0, 0.05) is 12.1 Å². The molecule has 0 aliphatic carbocycles. The Hall–Kier alpha value is -3.32. The molecule has 1 aliphatic heterocycles. The van der Waals surface area contributed by atoms with E-state index in [4.69, 9.17) is 9.47 Å². The Labute approximate surface area is 195 Å². The van der Waals surface area contributed by atoms with Crippen molar-refractivity contribution >= 4 is 17.4 Å². The van der Waals surface area contributed by atoms with E-state index in [0.29, 0.717) is 23.6 Å². The highest BCUT2D eigenvalue weighted by atomic mass is 16.5. The highest BCUT2D eigenvalue weighted by Gasteiger charge is 2.45. The van der Waals surface area contributed by atoms with Gasteiger partial charge >= 0.3 is 0 Å². The number of aliphatic hydroxyl groups is 1. The van der Waals surface area contributed by atoms with Crippen molar-refractivity contribution in [3.8, 4) is 11.5 Å². The lowest BCUT2D eigenvalue weighted by Crippen LogP contribution is -2.33. The molecule has 1 atom stereocenters. The normalized spacial score (nSPS) is 17.6. The van der Waals surface area contributed by atoms with E-state index in [0.717, 1.165) is 31.6 Å². The fourth-order valence-electron chi connectivity index (χ4n) is 4.15. The molecule has 0 aromatic heterocycles. The summed E-state index contributed by atoms with van der Waals surface area (Å²) in [5.41, 5.74) is 1.29. The fraction of sp³-hybridized carbons (Fsp3) is 0.385. The summed E-state index contributed by atoms with van der Waals surface area (Å²) in [5.74, 6) is -0.150. The Balaban J connectivity index is 2.01. The van der Waals surface area contributed by atoms with Crippen LogP contribution in [0, 0.1) is 0 Å². The first-order valence-corrected chi connectivity index (χ1v) is 11.2. The van der Waals surface area contributed by atoms with Crippen LogP contribution in [0.2, 0.25) is 0 Å². The largest absolute Gasteiger partial charge is 0.507 e. The van der Waals surface area contributed by atoms with Crippen molar-refractivity contribution in [2.45, 2.75) is 26.3 Å². The molecule has 2 aromatic rings. The number of benzene rings is 2. The van der Waals surface area contributed by atoms with Gasteiger partial charge in [0.2, 0.25) is 0 Å².